The second-order valence-corrected chi connectivity index (χ2v) is 4.16. The first-order chi connectivity index (χ1) is 7.15. The fourth-order valence-electron chi connectivity index (χ4n) is 1.70. The molecule has 0 spiro atoms. The maximum atomic E-state index is 8.80. The summed E-state index contributed by atoms with van der Waals surface area (Å²) in [6, 6.07) is 6.74. The molecule has 0 aromatic heterocycles. The third kappa shape index (κ3) is 3.65. The van der Waals surface area contributed by atoms with Crippen LogP contribution in [0.1, 0.15) is 30.0 Å². The van der Waals surface area contributed by atoms with Gasteiger partial charge in [-0.3, -0.25) is 0 Å². The molecule has 0 aliphatic heterocycles. The lowest BCUT2D eigenvalue weighted by atomic mass is 10.0. The van der Waals surface area contributed by atoms with Crippen LogP contribution in [-0.2, 0) is 6.54 Å². The lowest BCUT2D eigenvalue weighted by Gasteiger charge is -2.15. The van der Waals surface area contributed by atoms with Gasteiger partial charge in [0.1, 0.15) is 0 Å². The number of hydrogen-bond donors (Lipinski definition) is 2. The highest BCUT2D eigenvalue weighted by Gasteiger charge is 2.04. The van der Waals surface area contributed by atoms with Crippen molar-refractivity contribution < 1.29 is 5.11 Å². The monoisotopic (exact) mass is 207 g/mol. The number of aryl methyl sites for hydroxylation is 2. The van der Waals surface area contributed by atoms with E-state index in [4.69, 9.17) is 5.11 Å². The zero-order chi connectivity index (χ0) is 11.3. The van der Waals surface area contributed by atoms with Gasteiger partial charge >= 0.3 is 0 Å². The molecule has 0 aliphatic carbocycles. The first-order valence-electron chi connectivity index (χ1n) is 5.54. The third-order valence-electron chi connectivity index (χ3n) is 2.83. The van der Waals surface area contributed by atoms with Gasteiger partial charge < -0.3 is 10.4 Å². The van der Waals surface area contributed by atoms with Crippen LogP contribution in [-0.4, -0.2) is 17.8 Å². The van der Waals surface area contributed by atoms with Crippen LogP contribution < -0.4 is 5.32 Å². The summed E-state index contributed by atoms with van der Waals surface area (Å²) in [6.07, 6.45) is 0.810. The number of benzene rings is 1. The van der Waals surface area contributed by atoms with E-state index < -0.39 is 0 Å². The van der Waals surface area contributed by atoms with E-state index in [1.54, 1.807) is 0 Å². The lowest BCUT2D eigenvalue weighted by molar-refractivity contribution is 0.268. The predicted octanol–water partition coefficient (Wildman–Crippen LogP) is 2.16. The number of aliphatic hydroxyl groups is 1. The van der Waals surface area contributed by atoms with E-state index >= 15 is 0 Å². The topological polar surface area (TPSA) is 32.3 Å². The van der Waals surface area contributed by atoms with Crippen molar-refractivity contribution in [3.05, 3.63) is 34.9 Å². The molecule has 0 heterocycles. The highest BCUT2D eigenvalue weighted by Crippen LogP contribution is 2.13. The van der Waals surface area contributed by atoms with Crippen molar-refractivity contribution in [2.24, 2.45) is 0 Å². The average Bonchev–Trinajstić information content (AvgIpc) is 2.17. The fourth-order valence-corrected chi connectivity index (χ4v) is 1.70. The molecule has 0 amide bonds. The predicted molar refractivity (Wildman–Crippen MR) is 63.9 cm³/mol. The van der Waals surface area contributed by atoms with Gasteiger partial charge in [-0.1, -0.05) is 18.2 Å². The number of hydrogen-bond acceptors (Lipinski definition) is 2. The minimum Gasteiger partial charge on any atom is -0.396 e. The van der Waals surface area contributed by atoms with E-state index in [1.807, 2.05) is 0 Å². The molecule has 1 rings (SSSR count). The zero-order valence-electron chi connectivity index (χ0n) is 9.88. The Hall–Kier alpha value is -0.860. The zero-order valence-corrected chi connectivity index (χ0v) is 9.88. The van der Waals surface area contributed by atoms with Crippen molar-refractivity contribution in [2.75, 3.05) is 6.61 Å². The van der Waals surface area contributed by atoms with Gasteiger partial charge in [-0.15, -0.1) is 0 Å². The molecule has 0 saturated carbocycles. The summed E-state index contributed by atoms with van der Waals surface area (Å²) in [4.78, 5) is 0. The van der Waals surface area contributed by atoms with Crippen molar-refractivity contribution >= 4 is 0 Å². The van der Waals surface area contributed by atoms with Gasteiger partial charge in [-0.2, -0.15) is 0 Å². The molecule has 0 aliphatic rings. The summed E-state index contributed by atoms with van der Waals surface area (Å²) in [7, 11) is 0. The molecule has 0 fully saturated rings. The largest absolute Gasteiger partial charge is 0.396 e. The van der Waals surface area contributed by atoms with Gasteiger partial charge in [0.05, 0.1) is 0 Å². The Labute approximate surface area is 92.3 Å². The Bertz CT molecular complexity index is 289. The van der Waals surface area contributed by atoms with Crippen molar-refractivity contribution in [2.45, 2.75) is 39.8 Å². The number of aliphatic hydroxyl groups excluding tert-OH is 1. The minimum absolute atomic E-state index is 0.251. The van der Waals surface area contributed by atoms with Crippen LogP contribution in [0.25, 0.3) is 0 Å². The quantitative estimate of drug-likeness (QED) is 0.775. The molecule has 84 valence electrons. The minimum atomic E-state index is 0.251. The van der Waals surface area contributed by atoms with E-state index in [2.05, 4.69) is 44.3 Å². The maximum Gasteiger partial charge on any atom is 0.0445 e. The van der Waals surface area contributed by atoms with E-state index in [9.17, 15) is 0 Å². The highest BCUT2D eigenvalue weighted by atomic mass is 16.3. The molecule has 0 bridgehead atoms. The molecule has 15 heavy (non-hydrogen) atoms. The van der Waals surface area contributed by atoms with Gasteiger partial charge in [0, 0.05) is 19.2 Å². The van der Waals surface area contributed by atoms with Crippen molar-refractivity contribution in [1.82, 2.24) is 5.32 Å². The van der Waals surface area contributed by atoms with E-state index in [0.717, 1.165) is 13.0 Å². The Morgan fingerprint density at radius 1 is 1.27 bits per heavy atom. The van der Waals surface area contributed by atoms with E-state index in [-0.39, 0.29) is 6.61 Å². The first-order valence-corrected chi connectivity index (χ1v) is 5.54. The Kier molecular flexibility index (Phi) is 4.79. The van der Waals surface area contributed by atoms with Gasteiger partial charge in [-0.25, -0.2) is 0 Å². The summed E-state index contributed by atoms with van der Waals surface area (Å²) in [5, 5.41) is 12.2. The van der Waals surface area contributed by atoms with Gasteiger partial charge in [-0.05, 0) is 43.9 Å². The smallest absolute Gasteiger partial charge is 0.0445 e. The van der Waals surface area contributed by atoms with Crippen LogP contribution in [0.15, 0.2) is 18.2 Å². The summed E-state index contributed by atoms with van der Waals surface area (Å²) in [6.45, 7) is 7.52. The Balaban J connectivity index is 2.57. The normalized spacial score (nSPS) is 12.8. The molecule has 2 nitrogen and oxygen atoms in total. The third-order valence-corrected chi connectivity index (χ3v) is 2.83. The molecule has 2 N–H and O–H groups in total. The van der Waals surface area contributed by atoms with Gasteiger partial charge in [0.2, 0.25) is 0 Å². The van der Waals surface area contributed by atoms with Crippen LogP contribution >= 0.6 is 0 Å². The average molecular weight is 207 g/mol. The van der Waals surface area contributed by atoms with Gasteiger partial charge in [0.25, 0.3) is 0 Å². The van der Waals surface area contributed by atoms with E-state index in [1.165, 1.54) is 16.7 Å². The Morgan fingerprint density at radius 2 is 1.87 bits per heavy atom. The van der Waals surface area contributed by atoms with Crippen molar-refractivity contribution in [3.63, 3.8) is 0 Å². The molecule has 1 aromatic rings. The first kappa shape index (κ1) is 12.2. The van der Waals surface area contributed by atoms with Crippen LogP contribution in [0.2, 0.25) is 0 Å². The van der Waals surface area contributed by atoms with Crippen LogP contribution in [0, 0.1) is 13.8 Å². The second-order valence-electron chi connectivity index (χ2n) is 4.16. The maximum absolute atomic E-state index is 8.80. The molecular formula is C13H21NO. The molecule has 1 aromatic carbocycles. The second kappa shape index (κ2) is 5.89. The standard InChI is InChI=1S/C13H21NO/c1-10-5-4-6-11(2)13(10)9-14-12(3)7-8-15/h4-6,12,14-15H,7-9H2,1-3H3/t12-/m1/s1. The molecule has 1 atom stereocenters. The molecule has 2 heteroatoms. The molecule has 0 unspecified atom stereocenters. The van der Waals surface area contributed by atoms with Crippen LogP contribution in [0.3, 0.4) is 0 Å². The van der Waals surface area contributed by atoms with Crippen molar-refractivity contribution in [1.29, 1.82) is 0 Å². The molecule has 0 radical (unpaired) electrons. The fraction of sp³-hybridized carbons (Fsp3) is 0.538. The summed E-state index contributed by atoms with van der Waals surface area (Å²) >= 11 is 0. The number of rotatable bonds is 5. The van der Waals surface area contributed by atoms with Crippen LogP contribution in [0.5, 0.6) is 0 Å². The Morgan fingerprint density at radius 3 is 2.40 bits per heavy atom. The summed E-state index contributed by atoms with van der Waals surface area (Å²) < 4.78 is 0. The lowest BCUT2D eigenvalue weighted by Crippen LogP contribution is -2.27. The SMILES string of the molecule is Cc1cccc(C)c1CN[C@H](C)CCO. The van der Waals surface area contributed by atoms with Crippen LogP contribution in [0.4, 0.5) is 0 Å². The summed E-state index contributed by atoms with van der Waals surface area (Å²) in [5.74, 6) is 0. The van der Waals surface area contributed by atoms with Crippen molar-refractivity contribution in [3.8, 4) is 0 Å². The number of nitrogens with one attached hydrogen (secondary N) is 1. The molecule has 0 saturated heterocycles. The highest BCUT2D eigenvalue weighted by molar-refractivity contribution is 5.33. The van der Waals surface area contributed by atoms with Gasteiger partial charge in [0.15, 0.2) is 0 Å². The summed E-state index contributed by atoms with van der Waals surface area (Å²) in [5.41, 5.74) is 4.04. The molecular weight excluding hydrogens is 186 g/mol. The van der Waals surface area contributed by atoms with E-state index in [0.29, 0.717) is 6.04 Å².